The van der Waals surface area contributed by atoms with Gasteiger partial charge in [0.1, 0.15) is 0 Å². The number of hydrogen-bond acceptors (Lipinski definition) is 3. The smallest absolute Gasteiger partial charge is 0.326 e. The first kappa shape index (κ1) is 15.9. The number of anilines is 2. The lowest BCUT2D eigenvalue weighted by atomic mass is 10.2. The van der Waals surface area contributed by atoms with E-state index in [1.807, 2.05) is 30.5 Å². The minimum Gasteiger partial charge on any atom is -0.366 e. The van der Waals surface area contributed by atoms with Crippen molar-refractivity contribution < 1.29 is 9.59 Å². The molecule has 0 spiro atoms. The van der Waals surface area contributed by atoms with Crippen molar-refractivity contribution in [1.29, 1.82) is 0 Å². The Bertz CT molecular complexity index is 686. The van der Waals surface area contributed by atoms with Crippen LogP contribution in [0.15, 0.2) is 53.4 Å². The van der Waals surface area contributed by atoms with E-state index >= 15 is 0 Å². The van der Waals surface area contributed by atoms with Gasteiger partial charge in [-0.2, -0.15) is 0 Å². The molecule has 0 atom stereocenters. The molecule has 22 heavy (non-hydrogen) atoms. The molecular weight excluding hydrogens is 298 g/mol. The van der Waals surface area contributed by atoms with Gasteiger partial charge in [0.15, 0.2) is 0 Å². The Balaban J connectivity index is 2.10. The van der Waals surface area contributed by atoms with Crippen molar-refractivity contribution >= 4 is 35.1 Å². The van der Waals surface area contributed by atoms with Crippen LogP contribution in [0.2, 0.25) is 0 Å². The standard InChI is InChI=1S/C16H17N3O2S/c1-19(13-6-8-14(22-2)9-7-13)16(21)18-12-5-3-4-11(10-12)15(17)20/h3-10H,1-2H3,(H2,17,20)(H,18,21). The average Bonchev–Trinajstić information content (AvgIpc) is 2.54. The number of primary amides is 1. The van der Waals surface area contributed by atoms with E-state index < -0.39 is 5.91 Å². The summed E-state index contributed by atoms with van der Waals surface area (Å²) in [6.07, 6.45) is 2.00. The predicted octanol–water partition coefficient (Wildman–Crippen LogP) is 3.18. The minimum atomic E-state index is -0.530. The summed E-state index contributed by atoms with van der Waals surface area (Å²) in [5.41, 5.74) is 6.88. The number of urea groups is 1. The van der Waals surface area contributed by atoms with Gasteiger partial charge in [-0.25, -0.2) is 4.79 Å². The second-order valence-electron chi connectivity index (χ2n) is 4.63. The summed E-state index contributed by atoms with van der Waals surface area (Å²) in [7, 11) is 1.68. The van der Waals surface area contributed by atoms with E-state index in [0.29, 0.717) is 11.3 Å². The molecule has 0 heterocycles. The van der Waals surface area contributed by atoms with E-state index in [0.717, 1.165) is 10.6 Å². The van der Waals surface area contributed by atoms with Crippen LogP contribution in [0.25, 0.3) is 0 Å². The topological polar surface area (TPSA) is 75.4 Å². The fourth-order valence-electron chi connectivity index (χ4n) is 1.88. The van der Waals surface area contributed by atoms with E-state index in [9.17, 15) is 9.59 Å². The fraction of sp³-hybridized carbons (Fsp3) is 0.125. The maximum Gasteiger partial charge on any atom is 0.326 e. The van der Waals surface area contributed by atoms with Crippen LogP contribution in [0.3, 0.4) is 0 Å². The number of amides is 3. The molecule has 0 saturated heterocycles. The third-order valence-electron chi connectivity index (χ3n) is 3.16. The van der Waals surface area contributed by atoms with Crippen LogP contribution in [0, 0.1) is 0 Å². The van der Waals surface area contributed by atoms with Crippen LogP contribution in [-0.2, 0) is 0 Å². The van der Waals surface area contributed by atoms with Crippen molar-refractivity contribution in [3.05, 3.63) is 54.1 Å². The van der Waals surface area contributed by atoms with E-state index in [-0.39, 0.29) is 6.03 Å². The third-order valence-corrected chi connectivity index (χ3v) is 3.91. The summed E-state index contributed by atoms with van der Waals surface area (Å²) >= 11 is 1.64. The van der Waals surface area contributed by atoms with Crippen molar-refractivity contribution in [2.24, 2.45) is 5.73 Å². The first-order chi connectivity index (χ1) is 10.5. The number of carbonyl (C=O) groups is 2. The molecule has 0 saturated carbocycles. The van der Waals surface area contributed by atoms with Crippen LogP contribution < -0.4 is 16.0 Å². The van der Waals surface area contributed by atoms with Gasteiger partial charge in [0.05, 0.1) is 0 Å². The SMILES string of the molecule is CSc1ccc(N(C)C(=O)Nc2cccc(C(N)=O)c2)cc1. The van der Waals surface area contributed by atoms with Crippen molar-refractivity contribution in [3.63, 3.8) is 0 Å². The molecule has 0 aromatic heterocycles. The third kappa shape index (κ3) is 3.79. The van der Waals surface area contributed by atoms with Crippen molar-refractivity contribution in [3.8, 4) is 0 Å². The monoisotopic (exact) mass is 315 g/mol. The molecule has 2 aromatic carbocycles. The first-order valence-electron chi connectivity index (χ1n) is 6.60. The molecule has 0 aliphatic carbocycles. The van der Waals surface area contributed by atoms with Gasteiger partial charge in [0, 0.05) is 28.9 Å². The van der Waals surface area contributed by atoms with Crippen molar-refractivity contribution in [1.82, 2.24) is 0 Å². The Labute approximate surface area is 133 Å². The number of thioether (sulfide) groups is 1. The summed E-state index contributed by atoms with van der Waals surface area (Å²) < 4.78 is 0. The molecule has 2 rings (SSSR count). The van der Waals surface area contributed by atoms with Crippen LogP contribution in [0.5, 0.6) is 0 Å². The summed E-state index contributed by atoms with van der Waals surface area (Å²) in [5.74, 6) is -0.530. The highest BCUT2D eigenvalue weighted by Crippen LogP contribution is 2.20. The molecule has 6 heteroatoms. The zero-order chi connectivity index (χ0) is 16.1. The zero-order valence-corrected chi connectivity index (χ0v) is 13.2. The predicted molar refractivity (Wildman–Crippen MR) is 90.6 cm³/mol. The Kier molecular flexibility index (Phi) is 5.06. The number of nitrogens with two attached hydrogens (primary N) is 1. The Morgan fingerprint density at radius 2 is 1.82 bits per heavy atom. The fourth-order valence-corrected chi connectivity index (χ4v) is 2.29. The highest BCUT2D eigenvalue weighted by molar-refractivity contribution is 7.98. The van der Waals surface area contributed by atoms with Gasteiger partial charge in [-0.15, -0.1) is 11.8 Å². The van der Waals surface area contributed by atoms with Crippen molar-refractivity contribution in [2.75, 3.05) is 23.5 Å². The average molecular weight is 315 g/mol. The first-order valence-corrected chi connectivity index (χ1v) is 7.82. The van der Waals surface area contributed by atoms with Crippen LogP contribution in [-0.4, -0.2) is 25.2 Å². The second-order valence-corrected chi connectivity index (χ2v) is 5.51. The maximum atomic E-state index is 12.2. The van der Waals surface area contributed by atoms with Gasteiger partial charge >= 0.3 is 6.03 Å². The number of nitrogens with one attached hydrogen (secondary N) is 1. The molecule has 0 fully saturated rings. The van der Waals surface area contributed by atoms with E-state index in [4.69, 9.17) is 5.73 Å². The van der Waals surface area contributed by atoms with E-state index in [2.05, 4.69) is 5.32 Å². The number of rotatable bonds is 4. The second kappa shape index (κ2) is 7.00. The lowest BCUT2D eigenvalue weighted by molar-refractivity contribution is 0.100. The van der Waals surface area contributed by atoms with Crippen LogP contribution in [0.1, 0.15) is 10.4 Å². The largest absolute Gasteiger partial charge is 0.366 e. The van der Waals surface area contributed by atoms with Gasteiger partial charge in [-0.3, -0.25) is 9.69 Å². The van der Waals surface area contributed by atoms with Gasteiger partial charge in [0.25, 0.3) is 0 Å². The number of benzene rings is 2. The molecule has 0 aliphatic rings. The highest BCUT2D eigenvalue weighted by Gasteiger charge is 2.11. The van der Waals surface area contributed by atoms with Gasteiger partial charge in [-0.1, -0.05) is 6.07 Å². The van der Waals surface area contributed by atoms with E-state index in [1.165, 1.54) is 4.90 Å². The molecule has 3 amide bonds. The molecule has 0 unspecified atom stereocenters. The summed E-state index contributed by atoms with van der Waals surface area (Å²) in [6, 6.07) is 13.9. The summed E-state index contributed by atoms with van der Waals surface area (Å²) in [4.78, 5) is 26.0. The summed E-state index contributed by atoms with van der Waals surface area (Å²) in [5, 5.41) is 2.74. The lowest BCUT2D eigenvalue weighted by Crippen LogP contribution is -2.31. The molecule has 0 bridgehead atoms. The number of carbonyl (C=O) groups excluding carboxylic acids is 2. The number of nitrogens with zero attached hydrogens (tertiary/aromatic N) is 1. The Morgan fingerprint density at radius 3 is 2.41 bits per heavy atom. The molecular formula is C16H17N3O2S. The van der Waals surface area contributed by atoms with Gasteiger partial charge in [-0.05, 0) is 48.7 Å². The lowest BCUT2D eigenvalue weighted by Gasteiger charge is -2.18. The summed E-state index contributed by atoms with van der Waals surface area (Å²) in [6.45, 7) is 0. The zero-order valence-electron chi connectivity index (χ0n) is 12.4. The molecule has 114 valence electrons. The Morgan fingerprint density at radius 1 is 1.14 bits per heavy atom. The normalized spacial score (nSPS) is 10.1. The molecule has 0 radical (unpaired) electrons. The number of hydrogen-bond donors (Lipinski definition) is 2. The van der Waals surface area contributed by atoms with Crippen LogP contribution >= 0.6 is 11.8 Å². The minimum absolute atomic E-state index is 0.293. The molecule has 0 aliphatic heterocycles. The van der Waals surface area contributed by atoms with Gasteiger partial charge in [0.2, 0.25) is 5.91 Å². The Hall–Kier alpha value is -2.47. The van der Waals surface area contributed by atoms with Crippen LogP contribution in [0.4, 0.5) is 16.2 Å². The molecule has 3 N–H and O–H groups in total. The quantitative estimate of drug-likeness (QED) is 0.851. The highest BCUT2D eigenvalue weighted by atomic mass is 32.2. The maximum absolute atomic E-state index is 12.2. The van der Waals surface area contributed by atoms with Gasteiger partial charge < -0.3 is 11.1 Å². The molecule has 5 nitrogen and oxygen atoms in total. The molecule has 2 aromatic rings. The van der Waals surface area contributed by atoms with Crippen molar-refractivity contribution in [2.45, 2.75) is 4.90 Å². The van der Waals surface area contributed by atoms with E-state index in [1.54, 1.807) is 43.1 Å².